The van der Waals surface area contributed by atoms with Crippen molar-refractivity contribution in [2.45, 2.75) is 40.5 Å². The molecule has 20 heavy (non-hydrogen) atoms. The Morgan fingerprint density at radius 1 is 1.25 bits per heavy atom. The van der Waals surface area contributed by atoms with Gasteiger partial charge in [0.1, 0.15) is 17.5 Å². The number of hydrogen-bond donors (Lipinski definition) is 1. The highest BCUT2D eigenvalue weighted by atomic mass is 16.2. The zero-order valence-corrected chi connectivity index (χ0v) is 13.7. The van der Waals surface area contributed by atoms with Crippen molar-refractivity contribution in [3.63, 3.8) is 0 Å². The molecule has 0 bridgehead atoms. The van der Waals surface area contributed by atoms with Gasteiger partial charge < -0.3 is 4.90 Å². The van der Waals surface area contributed by atoms with E-state index in [0.717, 1.165) is 6.54 Å². The van der Waals surface area contributed by atoms with Crippen LogP contribution in [-0.4, -0.2) is 45.0 Å². The van der Waals surface area contributed by atoms with E-state index < -0.39 is 5.92 Å². The number of nitrogens with zero attached hydrogens (tertiary/aromatic N) is 1. The lowest BCUT2D eigenvalue weighted by atomic mass is 9.72. The Hall–Kier alpha value is -1.03. The molecular weight excluding hydrogens is 252 g/mol. The highest BCUT2D eigenvalue weighted by Crippen LogP contribution is 2.33. The summed E-state index contributed by atoms with van der Waals surface area (Å²) in [6.07, 6.45) is 2.54. The van der Waals surface area contributed by atoms with Crippen molar-refractivity contribution in [3.05, 3.63) is 0 Å². The van der Waals surface area contributed by atoms with E-state index in [0.29, 0.717) is 19.4 Å². The van der Waals surface area contributed by atoms with Gasteiger partial charge in [-0.05, 0) is 5.41 Å². The minimum atomic E-state index is -0.606. The first-order valence-corrected chi connectivity index (χ1v) is 7.37. The van der Waals surface area contributed by atoms with Crippen LogP contribution in [0.4, 0.5) is 0 Å². The summed E-state index contributed by atoms with van der Waals surface area (Å²) >= 11 is 0. The van der Waals surface area contributed by atoms with Crippen LogP contribution in [-0.2, 0) is 9.59 Å². The summed E-state index contributed by atoms with van der Waals surface area (Å²) in [5.74, 6) is -0.567. The Labute approximate surface area is 122 Å². The van der Waals surface area contributed by atoms with Crippen molar-refractivity contribution in [2.24, 2.45) is 21.7 Å². The Kier molecular flexibility index (Phi) is 5.25. The summed E-state index contributed by atoms with van der Waals surface area (Å²) in [4.78, 5) is 29.8. The molecule has 0 heterocycles. The molecule has 0 radical (unpaired) electrons. The lowest BCUT2D eigenvalue weighted by molar-refractivity contribution is -0.865. The molecule has 1 aliphatic rings. The third-order valence-corrected chi connectivity index (χ3v) is 3.61. The molecule has 1 fully saturated rings. The molecular formula is C16H29N2O2+. The van der Waals surface area contributed by atoms with Gasteiger partial charge in [0, 0.05) is 31.0 Å². The van der Waals surface area contributed by atoms with Crippen molar-refractivity contribution in [1.82, 2.24) is 0 Å². The van der Waals surface area contributed by atoms with Crippen molar-refractivity contribution in [1.29, 1.82) is 0 Å². The van der Waals surface area contributed by atoms with Crippen LogP contribution in [0.2, 0.25) is 0 Å². The van der Waals surface area contributed by atoms with E-state index in [1.54, 1.807) is 6.21 Å². The van der Waals surface area contributed by atoms with Crippen LogP contribution >= 0.6 is 0 Å². The predicted molar refractivity (Wildman–Crippen MR) is 81.3 cm³/mol. The van der Waals surface area contributed by atoms with Crippen molar-refractivity contribution in [2.75, 3.05) is 27.2 Å². The lowest BCUT2D eigenvalue weighted by Crippen LogP contribution is -3.07. The van der Waals surface area contributed by atoms with Crippen LogP contribution in [0.5, 0.6) is 0 Å². The van der Waals surface area contributed by atoms with Crippen LogP contribution < -0.4 is 4.90 Å². The number of quaternary nitrogens is 1. The Balaban J connectivity index is 2.62. The van der Waals surface area contributed by atoms with Crippen LogP contribution in [0.3, 0.4) is 0 Å². The number of nitrogens with one attached hydrogen (secondary N) is 1. The summed E-state index contributed by atoms with van der Waals surface area (Å²) in [7, 11) is 4.23. The van der Waals surface area contributed by atoms with Gasteiger partial charge in [0.2, 0.25) is 0 Å². The van der Waals surface area contributed by atoms with Gasteiger partial charge in [-0.1, -0.05) is 27.7 Å². The Morgan fingerprint density at radius 2 is 1.75 bits per heavy atom. The van der Waals surface area contributed by atoms with Crippen molar-refractivity contribution < 1.29 is 14.5 Å². The molecule has 0 amide bonds. The number of hydrogen-bond acceptors (Lipinski definition) is 3. The standard InChI is InChI=1S/C16H28N2O2/c1-15(2)7-13(19)12(14(20)8-15)9-17-10-16(3,4)11-18(5)6/h9,12H,7-8,10-11H2,1-6H3/p+1. The molecule has 0 saturated heterocycles. The zero-order valence-electron chi connectivity index (χ0n) is 13.7. The maximum Gasteiger partial charge on any atom is 0.149 e. The summed E-state index contributed by atoms with van der Waals surface area (Å²) in [5, 5.41) is 0. The quantitative estimate of drug-likeness (QED) is 0.599. The molecule has 0 unspecified atom stereocenters. The van der Waals surface area contributed by atoms with Crippen LogP contribution in [0.15, 0.2) is 4.99 Å². The van der Waals surface area contributed by atoms with E-state index in [4.69, 9.17) is 0 Å². The van der Waals surface area contributed by atoms with Gasteiger partial charge in [-0.25, -0.2) is 0 Å². The van der Waals surface area contributed by atoms with Crippen LogP contribution in [0, 0.1) is 16.7 Å². The van der Waals surface area contributed by atoms with E-state index in [-0.39, 0.29) is 22.4 Å². The zero-order chi connectivity index (χ0) is 15.6. The number of ketones is 2. The Bertz CT molecular complexity index is 389. The molecule has 114 valence electrons. The fraction of sp³-hybridized carbons (Fsp3) is 0.812. The molecule has 0 aromatic heterocycles. The first-order chi connectivity index (χ1) is 9.02. The molecule has 0 aromatic rings. The predicted octanol–water partition coefficient (Wildman–Crippen LogP) is 0.802. The average molecular weight is 281 g/mol. The van der Waals surface area contributed by atoms with E-state index in [1.165, 1.54) is 4.90 Å². The van der Waals surface area contributed by atoms with Gasteiger partial charge in [-0.15, -0.1) is 0 Å². The third-order valence-electron chi connectivity index (χ3n) is 3.61. The number of carbonyl (C=O) groups excluding carboxylic acids is 2. The third kappa shape index (κ3) is 5.16. The molecule has 4 nitrogen and oxygen atoms in total. The van der Waals surface area contributed by atoms with Gasteiger partial charge in [-0.2, -0.15) is 0 Å². The topological polar surface area (TPSA) is 50.9 Å². The molecule has 1 aliphatic carbocycles. The second-order valence-electron chi connectivity index (χ2n) is 7.97. The van der Waals surface area contributed by atoms with Gasteiger partial charge in [0.25, 0.3) is 0 Å². The average Bonchev–Trinajstić information content (AvgIpc) is 2.18. The lowest BCUT2D eigenvalue weighted by Gasteiger charge is -2.30. The largest absolute Gasteiger partial charge is 0.339 e. The summed E-state index contributed by atoms with van der Waals surface area (Å²) in [6.45, 7) is 9.91. The SMILES string of the molecule is C[NH+](C)CC(C)(C)CN=CC1C(=O)CC(C)(C)CC1=O. The highest BCUT2D eigenvalue weighted by molar-refractivity contribution is 6.16. The van der Waals surface area contributed by atoms with Gasteiger partial charge in [-0.3, -0.25) is 14.6 Å². The van der Waals surface area contributed by atoms with E-state index in [9.17, 15) is 9.59 Å². The molecule has 0 aromatic carbocycles. The number of carbonyl (C=O) groups is 2. The second kappa shape index (κ2) is 6.17. The molecule has 1 saturated carbocycles. The minimum absolute atomic E-state index is 0.0195. The van der Waals surface area contributed by atoms with Crippen LogP contribution in [0.25, 0.3) is 0 Å². The Morgan fingerprint density at radius 3 is 2.20 bits per heavy atom. The summed E-state index contributed by atoms with van der Waals surface area (Å²) in [5.41, 5.74) is -0.110. The molecule has 0 spiro atoms. The molecule has 0 atom stereocenters. The number of rotatable bonds is 5. The minimum Gasteiger partial charge on any atom is -0.339 e. The fourth-order valence-corrected chi connectivity index (χ4v) is 2.99. The van der Waals surface area contributed by atoms with Crippen molar-refractivity contribution >= 4 is 17.8 Å². The first-order valence-electron chi connectivity index (χ1n) is 7.37. The molecule has 1 N–H and O–H groups in total. The monoisotopic (exact) mass is 281 g/mol. The van der Waals surface area contributed by atoms with Gasteiger partial charge in [0.15, 0.2) is 0 Å². The highest BCUT2D eigenvalue weighted by Gasteiger charge is 2.38. The normalized spacial score (nSPS) is 21.1. The number of aliphatic imine (C=N–C) groups is 1. The summed E-state index contributed by atoms with van der Waals surface area (Å²) < 4.78 is 0. The maximum atomic E-state index is 12.0. The first kappa shape index (κ1) is 17.0. The molecule has 4 heteroatoms. The maximum absolute atomic E-state index is 12.0. The van der Waals surface area contributed by atoms with E-state index >= 15 is 0 Å². The van der Waals surface area contributed by atoms with Crippen molar-refractivity contribution in [3.8, 4) is 0 Å². The van der Waals surface area contributed by atoms with E-state index in [2.05, 4.69) is 32.9 Å². The van der Waals surface area contributed by atoms with Gasteiger partial charge in [0.05, 0.1) is 20.6 Å². The molecule has 1 rings (SSSR count). The summed E-state index contributed by atoms with van der Waals surface area (Å²) in [6, 6.07) is 0. The van der Waals surface area contributed by atoms with E-state index in [1.807, 2.05) is 13.8 Å². The second-order valence-corrected chi connectivity index (χ2v) is 7.97. The van der Waals surface area contributed by atoms with Gasteiger partial charge >= 0.3 is 0 Å². The van der Waals surface area contributed by atoms with Crippen LogP contribution in [0.1, 0.15) is 40.5 Å². The number of Topliss-reactive ketones (excluding diaryl/α,β-unsaturated/α-hetero) is 2. The molecule has 0 aliphatic heterocycles. The smallest absolute Gasteiger partial charge is 0.149 e. The fourth-order valence-electron chi connectivity index (χ4n) is 2.99.